The van der Waals surface area contributed by atoms with Crippen LogP contribution in [0.25, 0.3) is 33.6 Å². The van der Waals surface area contributed by atoms with Crippen molar-refractivity contribution in [3.63, 3.8) is 0 Å². The van der Waals surface area contributed by atoms with Crippen LogP contribution in [-0.2, 0) is 18.8 Å². The number of carbonyl (C=O) groups excluding carboxylic acids is 1. The molecule has 1 fully saturated rings. The van der Waals surface area contributed by atoms with Crippen LogP contribution in [0, 0.1) is 0 Å². The molecule has 0 unspecified atom stereocenters. The van der Waals surface area contributed by atoms with E-state index in [9.17, 15) is 9.90 Å². The van der Waals surface area contributed by atoms with Crippen molar-refractivity contribution in [3.8, 4) is 33.6 Å². The van der Waals surface area contributed by atoms with Gasteiger partial charge in [0, 0.05) is 62.0 Å². The van der Waals surface area contributed by atoms with Crippen molar-refractivity contribution < 1.29 is 14.6 Å². The minimum atomic E-state index is -0.889. The number of aliphatic hydroxyl groups excluding tert-OH is 1. The van der Waals surface area contributed by atoms with Gasteiger partial charge < -0.3 is 20.5 Å². The van der Waals surface area contributed by atoms with E-state index >= 15 is 0 Å². The maximum Gasteiger partial charge on any atom is 0.407 e. The Balaban J connectivity index is 1.49. The third kappa shape index (κ3) is 5.31. The Morgan fingerprint density at radius 2 is 1.76 bits per heavy atom. The first-order chi connectivity index (χ1) is 17.9. The van der Waals surface area contributed by atoms with Gasteiger partial charge in [0.1, 0.15) is 18.0 Å². The average molecular weight is 503 g/mol. The van der Waals surface area contributed by atoms with E-state index in [4.69, 9.17) is 9.72 Å². The average Bonchev–Trinajstić information content (AvgIpc) is 3.54. The van der Waals surface area contributed by atoms with E-state index in [1.165, 1.54) is 7.05 Å². The van der Waals surface area contributed by atoms with Gasteiger partial charge in [0.05, 0.1) is 18.4 Å². The molecule has 3 aromatic heterocycles. The minimum absolute atomic E-state index is 0.358. The molecule has 11 nitrogen and oxygen atoms in total. The predicted octanol–water partition coefficient (Wildman–Crippen LogP) is 2.99. The van der Waals surface area contributed by atoms with Crippen LogP contribution in [0.4, 0.5) is 10.6 Å². The summed E-state index contributed by atoms with van der Waals surface area (Å²) in [5.41, 5.74) is 4.48. The van der Waals surface area contributed by atoms with Crippen LogP contribution >= 0.6 is 0 Å². The number of nitrogens with zero attached hydrogens (tertiary/aromatic N) is 6. The third-order valence-electron chi connectivity index (χ3n) is 6.55. The Bertz CT molecular complexity index is 1400. The van der Waals surface area contributed by atoms with Crippen molar-refractivity contribution in [1.82, 2.24) is 34.8 Å². The topological polar surface area (TPSA) is 132 Å². The lowest BCUT2D eigenvalue weighted by Crippen LogP contribution is -2.48. The predicted molar refractivity (Wildman–Crippen MR) is 138 cm³/mol. The first-order valence-electron chi connectivity index (χ1n) is 12.2. The number of ether oxygens (including phenoxy) is 1. The lowest BCUT2D eigenvalue weighted by molar-refractivity contribution is -0.0268. The van der Waals surface area contributed by atoms with Gasteiger partial charge in [-0.1, -0.05) is 18.2 Å². The normalized spacial score (nSPS) is 19.4. The number of rotatable bonds is 6. The number of anilines is 1. The smallest absolute Gasteiger partial charge is 0.407 e. The molecule has 3 N–H and O–H groups in total. The molecule has 0 bridgehead atoms. The van der Waals surface area contributed by atoms with Gasteiger partial charge in [-0.2, -0.15) is 10.2 Å². The van der Waals surface area contributed by atoms with Crippen LogP contribution in [-0.4, -0.2) is 66.0 Å². The third-order valence-corrected chi connectivity index (χ3v) is 6.55. The largest absolute Gasteiger partial charge is 0.443 e. The standard InChI is InChI=1S/C26H30N8O3/c1-27-26(36)37-22-9-5-8-21(23(22)35)31-25-20(19-12-30-34(3)15-19)13-28-24(32-25)17-7-4-6-16(10-17)18-11-29-33(2)14-18/h4,6-7,10-15,21-23,35H,5,8-9H2,1-3H3,(H,27,36)(H,28,31,32)/t21-,22-,23-/m0/s1. The van der Waals surface area contributed by atoms with Gasteiger partial charge in [0.2, 0.25) is 0 Å². The SMILES string of the molecule is CNC(=O)O[C@H]1CCC[C@H](Nc2nc(-c3cccc(-c4cnn(C)c4)c3)ncc2-c2cnn(C)c2)[C@@H]1O. The molecule has 3 atom stereocenters. The quantitative estimate of drug-likeness (QED) is 0.367. The Kier molecular flexibility index (Phi) is 6.87. The molecule has 0 aliphatic heterocycles. The van der Waals surface area contributed by atoms with E-state index in [1.807, 2.05) is 57.0 Å². The zero-order chi connectivity index (χ0) is 25.9. The van der Waals surface area contributed by atoms with E-state index < -0.39 is 18.3 Å². The van der Waals surface area contributed by atoms with E-state index in [2.05, 4.69) is 25.8 Å². The van der Waals surface area contributed by atoms with Crippen molar-refractivity contribution in [2.24, 2.45) is 14.1 Å². The first-order valence-corrected chi connectivity index (χ1v) is 12.2. The molecule has 11 heteroatoms. The Morgan fingerprint density at radius 1 is 1.03 bits per heavy atom. The second kappa shape index (κ2) is 10.4. The fourth-order valence-electron chi connectivity index (χ4n) is 4.61. The van der Waals surface area contributed by atoms with E-state index in [0.29, 0.717) is 24.5 Å². The summed E-state index contributed by atoms with van der Waals surface area (Å²) in [7, 11) is 5.23. The van der Waals surface area contributed by atoms with Crippen LogP contribution in [0.3, 0.4) is 0 Å². The summed E-state index contributed by atoms with van der Waals surface area (Å²) in [6.07, 6.45) is 9.23. The van der Waals surface area contributed by atoms with Crippen LogP contribution in [0.1, 0.15) is 19.3 Å². The van der Waals surface area contributed by atoms with Gasteiger partial charge in [0.15, 0.2) is 5.82 Å². The van der Waals surface area contributed by atoms with Crippen molar-refractivity contribution in [2.75, 3.05) is 12.4 Å². The molecule has 1 aromatic carbocycles. The van der Waals surface area contributed by atoms with Crippen LogP contribution < -0.4 is 10.6 Å². The van der Waals surface area contributed by atoms with Crippen LogP contribution in [0.5, 0.6) is 0 Å². The number of benzene rings is 1. The summed E-state index contributed by atoms with van der Waals surface area (Å²) in [5.74, 6) is 1.12. The van der Waals surface area contributed by atoms with Crippen molar-refractivity contribution in [1.29, 1.82) is 0 Å². The Morgan fingerprint density at radius 3 is 2.46 bits per heavy atom. The number of aliphatic hydroxyl groups is 1. The minimum Gasteiger partial charge on any atom is -0.443 e. The van der Waals surface area contributed by atoms with Gasteiger partial charge in [-0.25, -0.2) is 14.8 Å². The molecule has 1 aliphatic rings. The van der Waals surface area contributed by atoms with Crippen molar-refractivity contribution in [2.45, 2.75) is 37.5 Å². The highest BCUT2D eigenvalue weighted by atomic mass is 16.6. The maximum atomic E-state index is 11.8. The highest BCUT2D eigenvalue weighted by Gasteiger charge is 2.35. The molecule has 1 amide bonds. The van der Waals surface area contributed by atoms with E-state index in [-0.39, 0.29) is 6.04 Å². The molecule has 0 saturated heterocycles. The molecule has 3 heterocycles. The molecule has 0 radical (unpaired) electrons. The lowest BCUT2D eigenvalue weighted by Gasteiger charge is -2.35. The zero-order valence-electron chi connectivity index (χ0n) is 21.0. The molecular formula is C26H30N8O3. The highest BCUT2D eigenvalue weighted by molar-refractivity contribution is 5.77. The summed E-state index contributed by atoms with van der Waals surface area (Å²) in [6.45, 7) is 0. The fourth-order valence-corrected chi connectivity index (χ4v) is 4.61. The maximum absolute atomic E-state index is 11.8. The van der Waals surface area contributed by atoms with Crippen molar-refractivity contribution >= 4 is 11.9 Å². The highest BCUT2D eigenvalue weighted by Crippen LogP contribution is 2.32. The number of aromatic nitrogens is 6. The molecule has 0 spiro atoms. The molecule has 37 heavy (non-hydrogen) atoms. The van der Waals surface area contributed by atoms with Crippen molar-refractivity contribution in [3.05, 3.63) is 55.2 Å². The van der Waals surface area contributed by atoms with Crippen LogP contribution in [0.15, 0.2) is 55.2 Å². The number of alkyl carbamates (subject to hydrolysis) is 1. The Labute approximate surface area is 214 Å². The van der Waals surface area contributed by atoms with Gasteiger partial charge in [-0.3, -0.25) is 9.36 Å². The number of aryl methyl sites for hydroxylation is 2. The second-order valence-corrected chi connectivity index (χ2v) is 9.21. The fraction of sp³-hybridized carbons (Fsp3) is 0.346. The van der Waals surface area contributed by atoms with Gasteiger partial charge in [-0.05, 0) is 30.9 Å². The monoisotopic (exact) mass is 502 g/mol. The summed E-state index contributed by atoms with van der Waals surface area (Å²) < 4.78 is 8.88. The molecule has 1 saturated carbocycles. The zero-order valence-corrected chi connectivity index (χ0v) is 21.0. The van der Waals surface area contributed by atoms with Gasteiger partial charge >= 0.3 is 6.09 Å². The summed E-state index contributed by atoms with van der Waals surface area (Å²) in [4.78, 5) is 21.3. The number of carbonyl (C=O) groups is 1. The second-order valence-electron chi connectivity index (χ2n) is 9.21. The first kappa shape index (κ1) is 24.4. The summed E-state index contributed by atoms with van der Waals surface area (Å²) in [5, 5.41) is 25.4. The van der Waals surface area contributed by atoms with Gasteiger partial charge in [0.25, 0.3) is 0 Å². The molecular weight excluding hydrogens is 472 g/mol. The lowest BCUT2D eigenvalue weighted by atomic mass is 9.89. The van der Waals surface area contributed by atoms with E-state index in [0.717, 1.165) is 34.2 Å². The molecule has 1 aliphatic carbocycles. The summed E-state index contributed by atoms with van der Waals surface area (Å²) in [6, 6.07) is 7.63. The summed E-state index contributed by atoms with van der Waals surface area (Å²) >= 11 is 0. The van der Waals surface area contributed by atoms with Crippen LogP contribution in [0.2, 0.25) is 0 Å². The van der Waals surface area contributed by atoms with Gasteiger partial charge in [-0.15, -0.1) is 0 Å². The number of hydrogen-bond donors (Lipinski definition) is 3. The Hall–Kier alpha value is -4.25. The molecule has 4 aromatic rings. The molecule has 192 valence electrons. The molecule has 5 rings (SSSR count). The number of amides is 1. The number of hydrogen-bond acceptors (Lipinski definition) is 8. The van der Waals surface area contributed by atoms with E-state index in [1.54, 1.807) is 21.8 Å². The number of nitrogens with one attached hydrogen (secondary N) is 2.